The van der Waals surface area contributed by atoms with Crippen molar-refractivity contribution < 1.29 is 14.0 Å². The maximum Gasteiger partial charge on any atom is 0.286 e. The van der Waals surface area contributed by atoms with E-state index in [1.807, 2.05) is 35.1 Å². The van der Waals surface area contributed by atoms with E-state index >= 15 is 0 Å². The Balaban J connectivity index is 1.59. The van der Waals surface area contributed by atoms with Crippen molar-refractivity contribution in [3.8, 4) is 0 Å². The van der Waals surface area contributed by atoms with Gasteiger partial charge < -0.3 is 15.1 Å². The Hall–Kier alpha value is -2.81. The molecule has 3 aromatic heterocycles. The number of fused-ring (bicyclic) bond motifs is 1. The summed E-state index contributed by atoms with van der Waals surface area (Å²) in [5.41, 5.74) is 0.738. The third-order valence-electron chi connectivity index (χ3n) is 3.98. The number of nitrogens with zero attached hydrogens (tertiary/aromatic N) is 3. The van der Waals surface area contributed by atoms with Crippen LogP contribution in [0, 0.1) is 0 Å². The highest BCUT2D eigenvalue weighted by atomic mass is 32.2. The van der Waals surface area contributed by atoms with Gasteiger partial charge in [0.2, 0.25) is 5.91 Å². The van der Waals surface area contributed by atoms with Crippen LogP contribution in [0.4, 0.5) is 0 Å². The molecule has 0 spiro atoms. The summed E-state index contributed by atoms with van der Waals surface area (Å²) in [6.45, 7) is 0.223. The number of carbonyl (C=O) groups excluding carboxylic acids is 2. The van der Waals surface area contributed by atoms with Crippen LogP contribution in [0.1, 0.15) is 35.3 Å². The average Bonchev–Trinajstić information content (AvgIpc) is 3.35. The van der Waals surface area contributed by atoms with Crippen LogP contribution in [-0.2, 0) is 4.79 Å². The molecule has 0 aliphatic carbocycles. The standard InChI is InChI=1S/C18H21N5O3S/c1-27-12-8-13(17-22-21-15-6-2-3-10-23(15)17)20-16(24)7-9-19-18(25)14-5-4-11-26-14/h2-6,10-11,13H,7-9,12H2,1H3,(H,19,25)(H,20,24). The molecule has 3 heterocycles. The molecule has 2 amide bonds. The summed E-state index contributed by atoms with van der Waals surface area (Å²) in [6, 6.07) is 8.63. The lowest BCUT2D eigenvalue weighted by Crippen LogP contribution is -2.34. The number of amides is 2. The van der Waals surface area contributed by atoms with Gasteiger partial charge in [0.25, 0.3) is 5.91 Å². The van der Waals surface area contributed by atoms with Gasteiger partial charge in [-0.2, -0.15) is 11.8 Å². The first kappa shape index (κ1) is 19.0. The number of carbonyl (C=O) groups is 2. The molecule has 1 atom stereocenters. The number of hydrogen-bond donors (Lipinski definition) is 2. The number of furan rings is 1. The van der Waals surface area contributed by atoms with Crippen LogP contribution in [0.5, 0.6) is 0 Å². The van der Waals surface area contributed by atoms with E-state index < -0.39 is 0 Å². The molecule has 3 aromatic rings. The van der Waals surface area contributed by atoms with Crippen LogP contribution in [-0.4, -0.2) is 45.0 Å². The van der Waals surface area contributed by atoms with E-state index in [1.54, 1.807) is 23.9 Å². The molecular weight excluding hydrogens is 366 g/mol. The minimum atomic E-state index is -0.338. The van der Waals surface area contributed by atoms with Gasteiger partial charge in [-0.05, 0) is 42.7 Å². The molecule has 8 nitrogen and oxygen atoms in total. The molecule has 0 bridgehead atoms. The maximum absolute atomic E-state index is 12.4. The predicted molar refractivity (Wildman–Crippen MR) is 103 cm³/mol. The Morgan fingerprint density at radius 2 is 2.15 bits per heavy atom. The zero-order valence-corrected chi connectivity index (χ0v) is 15.7. The normalized spacial score (nSPS) is 12.0. The fourth-order valence-electron chi connectivity index (χ4n) is 2.65. The highest BCUT2D eigenvalue weighted by Gasteiger charge is 2.20. The van der Waals surface area contributed by atoms with E-state index in [0.717, 1.165) is 17.8 Å². The number of hydrogen-bond acceptors (Lipinski definition) is 6. The van der Waals surface area contributed by atoms with Crippen molar-refractivity contribution in [2.75, 3.05) is 18.6 Å². The van der Waals surface area contributed by atoms with Crippen molar-refractivity contribution in [1.29, 1.82) is 0 Å². The lowest BCUT2D eigenvalue weighted by atomic mass is 10.2. The van der Waals surface area contributed by atoms with Gasteiger partial charge in [0, 0.05) is 19.2 Å². The molecular formula is C18H21N5O3S. The van der Waals surface area contributed by atoms with Crippen LogP contribution in [0.15, 0.2) is 47.2 Å². The second-order valence-electron chi connectivity index (χ2n) is 5.87. The van der Waals surface area contributed by atoms with Gasteiger partial charge >= 0.3 is 0 Å². The molecule has 27 heavy (non-hydrogen) atoms. The second kappa shape index (κ2) is 9.22. The van der Waals surface area contributed by atoms with Crippen LogP contribution in [0.25, 0.3) is 5.65 Å². The Morgan fingerprint density at radius 3 is 2.93 bits per heavy atom. The minimum Gasteiger partial charge on any atom is -0.459 e. The Kier molecular flexibility index (Phi) is 6.48. The lowest BCUT2D eigenvalue weighted by molar-refractivity contribution is -0.121. The topological polar surface area (TPSA) is 102 Å². The summed E-state index contributed by atoms with van der Waals surface area (Å²) >= 11 is 1.70. The summed E-state index contributed by atoms with van der Waals surface area (Å²) in [7, 11) is 0. The summed E-state index contributed by atoms with van der Waals surface area (Å²) in [4.78, 5) is 24.2. The fourth-order valence-corrected chi connectivity index (χ4v) is 3.12. The van der Waals surface area contributed by atoms with E-state index in [1.165, 1.54) is 6.26 Å². The van der Waals surface area contributed by atoms with Crippen molar-refractivity contribution in [2.24, 2.45) is 0 Å². The van der Waals surface area contributed by atoms with Gasteiger partial charge in [-0.1, -0.05) is 6.07 Å². The van der Waals surface area contributed by atoms with Crippen LogP contribution in [0.2, 0.25) is 0 Å². The SMILES string of the molecule is CSCCC(NC(=O)CCNC(=O)c1ccco1)c1nnc2ccccn12. The zero-order chi connectivity index (χ0) is 19.1. The number of pyridine rings is 1. The minimum absolute atomic E-state index is 0.159. The number of nitrogens with one attached hydrogen (secondary N) is 2. The molecule has 0 saturated carbocycles. The maximum atomic E-state index is 12.4. The molecule has 0 aliphatic rings. The molecule has 0 fully saturated rings. The molecule has 9 heteroatoms. The molecule has 0 saturated heterocycles. The van der Waals surface area contributed by atoms with Gasteiger partial charge in [-0.25, -0.2) is 0 Å². The zero-order valence-electron chi connectivity index (χ0n) is 14.9. The van der Waals surface area contributed by atoms with Crippen molar-refractivity contribution in [1.82, 2.24) is 25.2 Å². The Bertz CT molecular complexity index is 893. The number of thioether (sulfide) groups is 1. The van der Waals surface area contributed by atoms with Crippen LogP contribution in [0.3, 0.4) is 0 Å². The van der Waals surface area contributed by atoms with Gasteiger partial charge in [0.15, 0.2) is 17.2 Å². The number of rotatable bonds is 9. The first-order chi connectivity index (χ1) is 13.2. The van der Waals surface area contributed by atoms with Crippen molar-refractivity contribution in [2.45, 2.75) is 18.9 Å². The monoisotopic (exact) mass is 387 g/mol. The van der Waals surface area contributed by atoms with E-state index in [0.29, 0.717) is 5.82 Å². The smallest absolute Gasteiger partial charge is 0.286 e. The molecule has 0 radical (unpaired) electrons. The van der Waals surface area contributed by atoms with Crippen molar-refractivity contribution in [3.63, 3.8) is 0 Å². The second-order valence-corrected chi connectivity index (χ2v) is 6.86. The summed E-state index contributed by atoms with van der Waals surface area (Å²) in [5.74, 6) is 1.31. The quantitative estimate of drug-likeness (QED) is 0.583. The molecule has 3 rings (SSSR count). The summed E-state index contributed by atoms with van der Waals surface area (Å²) in [6.07, 6.45) is 6.23. The van der Waals surface area contributed by atoms with E-state index in [4.69, 9.17) is 4.42 Å². The van der Waals surface area contributed by atoms with Crippen LogP contribution >= 0.6 is 11.8 Å². The molecule has 2 N–H and O–H groups in total. The van der Waals surface area contributed by atoms with Crippen molar-refractivity contribution >= 4 is 29.2 Å². The predicted octanol–water partition coefficient (Wildman–Crippen LogP) is 2.05. The lowest BCUT2D eigenvalue weighted by Gasteiger charge is -2.17. The third kappa shape index (κ3) is 4.88. The summed E-state index contributed by atoms with van der Waals surface area (Å²) < 4.78 is 6.90. The highest BCUT2D eigenvalue weighted by Crippen LogP contribution is 2.18. The van der Waals surface area contributed by atoms with Crippen molar-refractivity contribution in [3.05, 3.63) is 54.4 Å². The Labute approximate surface area is 160 Å². The average molecular weight is 387 g/mol. The van der Waals surface area contributed by atoms with E-state index in [-0.39, 0.29) is 36.6 Å². The first-order valence-corrected chi connectivity index (χ1v) is 9.98. The third-order valence-corrected chi connectivity index (χ3v) is 4.62. The van der Waals surface area contributed by atoms with Gasteiger partial charge in [-0.3, -0.25) is 14.0 Å². The molecule has 0 aromatic carbocycles. The first-order valence-electron chi connectivity index (χ1n) is 8.58. The van der Waals surface area contributed by atoms with E-state index in [2.05, 4.69) is 20.8 Å². The number of aromatic nitrogens is 3. The fraction of sp³-hybridized carbons (Fsp3) is 0.333. The molecule has 142 valence electrons. The molecule has 1 unspecified atom stereocenters. The van der Waals surface area contributed by atoms with Crippen LogP contribution < -0.4 is 10.6 Å². The van der Waals surface area contributed by atoms with E-state index in [9.17, 15) is 9.59 Å². The highest BCUT2D eigenvalue weighted by molar-refractivity contribution is 7.98. The van der Waals surface area contributed by atoms with Gasteiger partial charge in [-0.15, -0.1) is 10.2 Å². The molecule has 0 aliphatic heterocycles. The summed E-state index contributed by atoms with van der Waals surface area (Å²) in [5, 5.41) is 14.1. The Morgan fingerprint density at radius 1 is 1.26 bits per heavy atom. The van der Waals surface area contributed by atoms with Gasteiger partial charge in [0.1, 0.15) is 0 Å². The largest absolute Gasteiger partial charge is 0.459 e. The van der Waals surface area contributed by atoms with Gasteiger partial charge in [0.05, 0.1) is 12.3 Å².